The molecule has 0 bridgehead atoms. The molecule has 0 N–H and O–H groups in total. The fourth-order valence-electron chi connectivity index (χ4n) is 5.90. The Balaban J connectivity index is 0.000000508. The molecule has 0 fully saturated rings. The number of hydrogen-bond donors (Lipinski definition) is 0. The second-order valence-electron chi connectivity index (χ2n) is 11.7. The zero-order valence-electron chi connectivity index (χ0n) is 28.0. The summed E-state index contributed by atoms with van der Waals surface area (Å²) in [4.78, 5) is 12.6. The van der Waals surface area contributed by atoms with Crippen molar-refractivity contribution in [2.75, 3.05) is 48.6 Å². The number of nitrogens with zero attached hydrogens (tertiary/aromatic N) is 1. The maximum atomic E-state index is 12.8. The number of methoxy groups -OCH3 is 4. The normalized spacial score (nSPS) is 16.5. The quantitative estimate of drug-likeness (QED) is 0.0948. The van der Waals surface area contributed by atoms with Crippen molar-refractivity contribution in [1.29, 1.82) is 0 Å². The molecule has 1 aliphatic heterocycles. The summed E-state index contributed by atoms with van der Waals surface area (Å²) in [6.07, 6.45) is 1.99. The van der Waals surface area contributed by atoms with Gasteiger partial charge >= 0.3 is 5.97 Å². The van der Waals surface area contributed by atoms with Crippen LogP contribution in [0.1, 0.15) is 42.1 Å². The Morgan fingerprint density at radius 3 is 1.92 bits per heavy atom. The van der Waals surface area contributed by atoms with E-state index >= 15 is 0 Å². The van der Waals surface area contributed by atoms with Gasteiger partial charge in [-0.05, 0) is 53.1 Å². The zero-order valence-corrected chi connectivity index (χ0v) is 28.8. The monoisotopic (exact) mass is 693 g/mol. The molecule has 0 aromatic heterocycles. The number of hydrogen-bond acceptors (Lipinski definition) is 9. The second kappa shape index (κ2) is 17.7. The molecule has 11 heteroatoms. The van der Waals surface area contributed by atoms with Crippen LogP contribution in [0, 0.1) is 0 Å². The van der Waals surface area contributed by atoms with Crippen LogP contribution in [0.5, 0.6) is 23.0 Å². The molecular formula is C38H47NO9S. The van der Waals surface area contributed by atoms with Gasteiger partial charge in [0.15, 0.2) is 23.0 Å². The van der Waals surface area contributed by atoms with E-state index in [1.807, 2.05) is 42.5 Å². The van der Waals surface area contributed by atoms with E-state index in [9.17, 15) is 17.8 Å². The van der Waals surface area contributed by atoms with Gasteiger partial charge < -0.3 is 32.7 Å². The summed E-state index contributed by atoms with van der Waals surface area (Å²) in [6.45, 7) is 1.85. The maximum absolute atomic E-state index is 12.8. The Bertz CT molecular complexity index is 1770. The number of quaternary nitrogens is 1. The summed E-state index contributed by atoms with van der Waals surface area (Å²) < 4.78 is 59.4. The van der Waals surface area contributed by atoms with Gasteiger partial charge in [0.05, 0.1) is 59.9 Å². The highest BCUT2D eigenvalue weighted by Gasteiger charge is 2.40. The molecule has 1 heterocycles. The summed E-state index contributed by atoms with van der Waals surface area (Å²) in [5, 5.41) is 0. The molecule has 5 rings (SSSR count). The smallest absolute Gasteiger partial charge is 0.311 e. The number of ether oxygens (including phenoxy) is 5. The van der Waals surface area contributed by atoms with Gasteiger partial charge in [0, 0.05) is 18.4 Å². The molecule has 0 spiro atoms. The van der Waals surface area contributed by atoms with Crippen LogP contribution in [0.15, 0.2) is 95.9 Å². The van der Waals surface area contributed by atoms with Crippen molar-refractivity contribution >= 4 is 16.1 Å². The van der Waals surface area contributed by atoms with E-state index in [0.717, 1.165) is 36.3 Å². The van der Waals surface area contributed by atoms with Crippen molar-refractivity contribution in [1.82, 2.24) is 0 Å². The number of benzene rings is 4. The highest BCUT2D eigenvalue weighted by molar-refractivity contribution is 7.85. The van der Waals surface area contributed by atoms with E-state index in [-0.39, 0.29) is 30.9 Å². The molecule has 10 nitrogen and oxygen atoms in total. The lowest BCUT2D eigenvalue weighted by atomic mass is 9.86. The van der Waals surface area contributed by atoms with Gasteiger partial charge in [-0.2, -0.15) is 0 Å². The molecule has 0 radical (unpaired) electrons. The zero-order chi connectivity index (χ0) is 34.7. The Morgan fingerprint density at radius 1 is 0.776 bits per heavy atom. The van der Waals surface area contributed by atoms with E-state index in [0.29, 0.717) is 34.7 Å². The Kier molecular flexibility index (Phi) is 14.0. The lowest BCUT2D eigenvalue weighted by Crippen LogP contribution is -2.53. The van der Waals surface area contributed by atoms with Crippen LogP contribution < -0.4 is 18.9 Å². The highest BCUT2D eigenvalue weighted by Crippen LogP contribution is 2.43. The number of rotatable bonds is 12. The van der Waals surface area contributed by atoms with Crippen molar-refractivity contribution in [3.8, 4) is 23.0 Å². The molecule has 0 aliphatic carbocycles. The number of likely N-dealkylation sites (N-methyl/N-ethyl adjacent to an activating group) is 1. The molecule has 0 amide bonds. The first-order valence-corrected chi connectivity index (χ1v) is 16.9. The predicted molar refractivity (Wildman–Crippen MR) is 187 cm³/mol. The molecule has 4 aromatic carbocycles. The summed E-state index contributed by atoms with van der Waals surface area (Å²) >= 11 is 0. The minimum Gasteiger partial charge on any atom is -0.744 e. The summed E-state index contributed by atoms with van der Waals surface area (Å²) in [5.74, 6) is 2.66. The Labute approximate surface area is 290 Å². The van der Waals surface area contributed by atoms with Crippen LogP contribution in [0.3, 0.4) is 0 Å². The molecular weight excluding hydrogens is 646 g/mol. The topological polar surface area (TPSA) is 120 Å². The first kappa shape index (κ1) is 38.9. The first-order chi connectivity index (χ1) is 23.0. The fraction of sp³-hybridized carbons (Fsp3) is 0.342. The highest BCUT2D eigenvalue weighted by atomic mass is 32.2. The maximum Gasteiger partial charge on any atom is 0.311 e. The largest absolute Gasteiger partial charge is 0.744 e. The third-order valence-electron chi connectivity index (χ3n) is 8.63. The Morgan fingerprint density at radius 2 is 1.35 bits per heavy atom. The van der Waals surface area contributed by atoms with Crippen LogP contribution in [-0.2, 0) is 39.1 Å². The minimum absolute atomic E-state index is 0. The second-order valence-corrected chi connectivity index (χ2v) is 13.0. The van der Waals surface area contributed by atoms with Crippen LogP contribution in [0.25, 0.3) is 0 Å². The van der Waals surface area contributed by atoms with Gasteiger partial charge in [-0.3, -0.25) is 4.79 Å². The molecule has 264 valence electrons. The van der Waals surface area contributed by atoms with Gasteiger partial charge in [0.25, 0.3) is 0 Å². The van der Waals surface area contributed by atoms with Gasteiger partial charge in [0.2, 0.25) is 0 Å². The van der Waals surface area contributed by atoms with E-state index in [2.05, 4.69) is 25.2 Å². The third-order valence-corrected chi connectivity index (χ3v) is 9.48. The van der Waals surface area contributed by atoms with Crippen LogP contribution in [-0.4, -0.2) is 72.0 Å². The van der Waals surface area contributed by atoms with Gasteiger partial charge in [-0.25, -0.2) is 8.42 Å². The molecule has 49 heavy (non-hydrogen) atoms. The number of carbonyl (C=O) groups is 1. The average molecular weight is 694 g/mol. The van der Waals surface area contributed by atoms with E-state index < -0.39 is 10.1 Å². The van der Waals surface area contributed by atoms with E-state index in [4.69, 9.17) is 23.7 Å². The lowest BCUT2D eigenvalue weighted by Gasteiger charge is -2.46. The molecule has 0 unspecified atom stereocenters. The van der Waals surface area contributed by atoms with Gasteiger partial charge in [0.1, 0.15) is 22.8 Å². The lowest BCUT2D eigenvalue weighted by molar-refractivity contribution is -0.940. The Hall–Kier alpha value is -4.58. The van der Waals surface area contributed by atoms with E-state index in [1.54, 1.807) is 34.5 Å². The first-order valence-electron chi connectivity index (χ1n) is 15.5. The van der Waals surface area contributed by atoms with Gasteiger partial charge in [-0.15, -0.1) is 0 Å². The summed E-state index contributed by atoms with van der Waals surface area (Å²) in [7, 11) is 4.59. The number of fused-ring (bicyclic) bond motifs is 1. The molecule has 2 atom stereocenters. The number of carbonyl (C=O) groups excluding carboxylic acids is 1. The SMILES string of the molecule is C.COc1ccc(C[C@@H]2c3cc(OC)c(OC)cc3CC[N@+]2(C)CCC(=O)OCc2ccccc2)cc1OC.O=S(=O)([O-])c1ccccc1. The average Bonchev–Trinajstić information content (AvgIpc) is 3.11. The van der Waals surface area contributed by atoms with E-state index in [1.165, 1.54) is 35.4 Å². The van der Waals surface area contributed by atoms with Crippen molar-refractivity contribution in [3.05, 3.63) is 113 Å². The minimum atomic E-state index is -4.25. The molecule has 1 aliphatic rings. The van der Waals surface area contributed by atoms with Crippen LogP contribution in [0.2, 0.25) is 0 Å². The van der Waals surface area contributed by atoms with Crippen molar-refractivity contribution < 1.29 is 45.9 Å². The van der Waals surface area contributed by atoms with Crippen LogP contribution in [0.4, 0.5) is 0 Å². The van der Waals surface area contributed by atoms with Gasteiger partial charge in [-0.1, -0.05) is 62.0 Å². The fourth-order valence-corrected chi connectivity index (χ4v) is 6.39. The van der Waals surface area contributed by atoms with Crippen molar-refractivity contribution in [3.63, 3.8) is 0 Å². The summed E-state index contributed by atoms with van der Waals surface area (Å²) in [5.41, 5.74) is 4.58. The van der Waals surface area contributed by atoms with Crippen LogP contribution >= 0.6 is 0 Å². The summed E-state index contributed by atoms with van der Waals surface area (Å²) in [6, 6.07) is 27.3. The predicted octanol–water partition coefficient (Wildman–Crippen LogP) is 6.37. The molecule has 0 saturated heterocycles. The number of esters is 1. The molecule has 4 aromatic rings. The standard InChI is InChI=1S/C31H38NO6.C6H6O3S.CH4/c1-32(16-14-31(33)38-21-22-9-7-6-8-10-22)15-13-24-19-29(36-4)30(37-5)20-25(24)26(32)17-23-11-12-27(34-2)28(18-23)35-3;7-10(8,9)6-4-2-1-3-5-6;/h6-12,18-20,26H,13-17,21H2,1-5H3;1-5H,(H,7,8,9);1H4/q+1;;/p-1/t26-,32-;;/m1../s1. The van der Waals surface area contributed by atoms with Crippen molar-refractivity contribution in [2.45, 2.75) is 44.2 Å². The third kappa shape index (κ3) is 10.2. The van der Waals surface area contributed by atoms with Crippen molar-refractivity contribution in [2.24, 2.45) is 0 Å². The molecule has 0 saturated carbocycles.